The van der Waals surface area contributed by atoms with Gasteiger partial charge >= 0.3 is 5.97 Å². The number of carbonyl (C=O) groups is 1. The van der Waals surface area contributed by atoms with Crippen LogP contribution < -0.4 is 5.73 Å². The summed E-state index contributed by atoms with van der Waals surface area (Å²) in [6, 6.07) is 0. The normalized spacial score (nSPS) is 31.2. The van der Waals surface area contributed by atoms with E-state index in [1.165, 1.54) is 0 Å². The summed E-state index contributed by atoms with van der Waals surface area (Å²) in [7, 11) is 0. The molecule has 0 aromatic carbocycles. The SMILES string of the molecule is CC1(C)OC(CCN)C[C@@](CC(=O)O)(C(C)(C)C)O1. The number of rotatable bonds is 4. The summed E-state index contributed by atoms with van der Waals surface area (Å²) in [6.45, 7) is 10.2. The summed E-state index contributed by atoms with van der Waals surface area (Å²) in [6.07, 6.45) is 1.19. The lowest BCUT2D eigenvalue weighted by Crippen LogP contribution is -2.59. The molecule has 0 saturated carbocycles. The first-order valence-corrected chi connectivity index (χ1v) is 6.81. The fraction of sp³-hybridized carbons (Fsp3) is 0.929. The first kappa shape index (κ1) is 16.4. The monoisotopic (exact) mass is 273 g/mol. The second-order valence-electron chi connectivity index (χ2n) is 6.84. The molecule has 1 rings (SSSR count). The van der Waals surface area contributed by atoms with Crippen LogP contribution in [0, 0.1) is 5.41 Å². The van der Waals surface area contributed by atoms with Gasteiger partial charge in [0, 0.05) is 6.42 Å². The van der Waals surface area contributed by atoms with Crippen LogP contribution in [-0.2, 0) is 14.3 Å². The van der Waals surface area contributed by atoms with Gasteiger partial charge in [0.1, 0.15) is 0 Å². The molecule has 1 saturated heterocycles. The van der Waals surface area contributed by atoms with Gasteiger partial charge in [0.05, 0.1) is 18.1 Å². The average Bonchev–Trinajstić information content (AvgIpc) is 2.11. The second kappa shape index (κ2) is 5.38. The van der Waals surface area contributed by atoms with E-state index < -0.39 is 17.4 Å². The molecule has 112 valence electrons. The van der Waals surface area contributed by atoms with Gasteiger partial charge in [0.15, 0.2) is 5.79 Å². The number of hydrogen-bond donors (Lipinski definition) is 2. The van der Waals surface area contributed by atoms with E-state index in [-0.39, 0.29) is 17.9 Å². The maximum Gasteiger partial charge on any atom is 0.306 e. The summed E-state index contributed by atoms with van der Waals surface area (Å²) >= 11 is 0. The maximum atomic E-state index is 11.2. The molecule has 1 unspecified atom stereocenters. The van der Waals surface area contributed by atoms with Gasteiger partial charge in [0.2, 0.25) is 0 Å². The Morgan fingerprint density at radius 3 is 2.42 bits per heavy atom. The molecule has 2 atom stereocenters. The van der Waals surface area contributed by atoms with Gasteiger partial charge in [-0.25, -0.2) is 0 Å². The lowest BCUT2D eigenvalue weighted by molar-refractivity contribution is -0.355. The Kier molecular flexibility index (Phi) is 4.65. The van der Waals surface area contributed by atoms with Crippen molar-refractivity contribution < 1.29 is 19.4 Å². The Hall–Kier alpha value is -0.650. The molecule has 5 heteroatoms. The van der Waals surface area contributed by atoms with Crippen LogP contribution in [0.2, 0.25) is 0 Å². The highest BCUT2D eigenvalue weighted by atomic mass is 16.7. The molecule has 0 bridgehead atoms. The molecular formula is C14H27NO4. The standard InChI is InChI=1S/C14H27NO4/c1-12(2,3)14(9-11(16)17)8-10(6-7-15)18-13(4,5)19-14/h10H,6-9,15H2,1-5H3,(H,16,17)/t10?,14-/m1/s1. The molecular weight excluding hydrogens is 246 g/mol. The van der Waals surface area contributed by atoms with Crippen LogP contribution in [-0.4, -0.2) is 35.1 Å². The van der Waals surface area contributed by atoms with Crippen molar-refractivity contribution in [2.24, 2.45) is 11.1 Å². The maximum absolute atomic E-state index is 11.2. The minimum absolute atomic E-state index is 0.0235. The Morgan fingerprint density at radius 2 is 2.00 bits per heavy atom. The molecule has 0 spiro atoms. The predicted octanol–water partition coefficient (Wildman–Crippen LogP) is 2.14. The Morgan fingerprint density at radius 1 is 1.42 bits per heavy atom. The topological polar surface area (TPSA) is 81.8 Å². The first-order chi connectivity index (χ1) is 8.51. The summed E-state index contributed by atoms with van der Waals surface area (Å²) in [5.74, 6) is -1.64. The fourth-order valence-corrected chi connectivity index (χ4v) is 2.77. The summed E-state index contributed by atoms with van der Waals surface area (Å²) in [5.41, 5.74) is 4.58. The van der Waals surface area contributed by atoms with Gasteiger partial charge in [-0.15, -0.1) is 0 Å². The van der Waals surface area contributed by atoms with E-state index in [1.807, 2.05) is 34.6 Å². The highest BCUT2D eigenvalue weighted by Gasteiger charge is 2.53. The third kappa shape index (κ3) is 3.91. The van der Waals surface area contributed by atoms with E-state index >= 15 is 0 Å². The number of aliphatic carboxylic acids is 1. The third-order valence-corrected chi connectivity index (χ3v) is 3.74. The molecule has 1 aliphatic rings. The number of hydrogen-bond acceptors (Lipinski definition) is 4. The number of nitrogens with two attached hydrogens (primary N) is 1. The van der Waals surface area contributed by atoms with Crippen LogP contribution in [0.25, 0.3) is 0 Å². The Balaban J connectivity index is 3.10. The zero-order valence-corrected chi connectivity index (χ0v) is 12.7. The number of carboxylic acids is 1. The summed E-state index contributed by atoms with van der Waals surface area (Å²) < 4.78 is 11.9. The van der Waals surface area contributed by atoms with Crippen molar-refractivity contribution in [1.29, 1.82) is 0 Å². The molecule has 0 radical (unpaired) electrons. The minimum atomic E-state index is -0.848. The molecule has 0 amide bonds. The van der Waals surface area contributed by atoms with Crippen molar-refractivity contribution in [3.8, 4) is 0 Å². The van der Waals surface area contributed by atoms with E-state index in [1.54, 1.807) is 0 Å². The van der Waals surface area contributed by atoms with Crippen LogP contribution in [0.1, 0.15) is 53.9 Å². The number of ether oxygens (including phenoxy) is 2. The summed E-state index contributed by atoms with van der Waals surface area (Å²) in [5, 5.41) is 9.24. The summed E-state index contributed by atoms with van der Waals surface area (Å²) in [4.78, 5) is 11.2. The van der Waals surface area contributed by atoms with Crippen molar-refractivity contribution in [1.82, 2.24) is 0 Å². The fourth-order valence-electron chi connectivity index (χ4n) is 2.77. The van der Waals surface area contributed by atoms with Crippen molar-refractivity contribution in [3.05, 3.63) is 0 Å². The van der Waals surface area contributed by atoms with Crippen molar-refractivity contribution in [2.45, 2.75) is 71.4 Å². The predicted molar refractivity (Wildman–Crippen MR) is 72.8 cm³/mol. The lowest BCUT2D eigenvalue weighted by Gasteiger charge is -2.54. The van der Waals surface area contributed by atoms with E-state index in [9.17, 15) is 9.90 Å². The number of carboxylic acid groups (broad SMARTS) is 1. The van der Waals surface area contributed by atoms with Gasteiger partial charge in [-0.05, 0) is 32.2 Å². The molecule has 1 aliphatic heterocycles. The van der Waals surface area contributed by atoms with E-state index in [4.69, 9.17) is 15.2 Å². The van der Waals surface area contributed by atoms with Gasteiger partial charge in [-0.1, -0.05) is 20.8 Å². The van der Waals surface area contributed by atoms with Crippen LogP contribution >= 0.6 is 0 Å². The lowest BCUT2D eigenvalue weighted by atomic mass is 9.70. The van der Waals surface area contributed by atoms with Crippen molar-refractivity contribution in [3.63, 3.8) is 0 Å². The van der Waals surface area contributed by atoms with Crippen molar-refractivity contribution >= 4 is 5.97 Å². The molecule has 1 heterocycles. The van der Waals surface area contributed by atoms with Crippen molar-refractivity contribution in [2.75, 3.05) is 6.54 Å². The van der Waals surface area contributed by atoms with E-state index in [2.05, 4.69) is 0 Å². The first-order valence-electron chi connectivity index (χ1n) is 6.81. The molecule has 0 aromatic rings. The van der Waals surface area contributed by atoms with Crippen LogP contribution in [0.15, 0.2) is 0 Å². The second-order valence-corrected chi connectivity index (χ2v) is 6.84. The highest BCUT2D eigenvalue weighted by Crippen LogP contribution is 2.47. The third-order valence-electron chi connectivity index (χ3n) is 3.74. The van der Waals surface area contributed by atoms with Crippen LogP contribution in [0.4, 0.5) is 0 Å². The molecule has 19 heavy (non-hydrogen) atoms. The highest BCUT2D eigenvalue weighted by molar-refractivity contribution is 5.68. The van der Waals surface area contributed by atoms with Gasteiger partial charge in [-0.3, -0.25) is 4.79 Å². The molecule has 0 aromatic heterocycles. The molecule has 1 fully saturated rings. The van der Waals surface area contributed by atoms with E-state index in [0.717, 1.165) is 0 Å². The zero-order chi connectivity index (χ0) is 14.9. The Bertz CT molecular complexity index is 335. The van der Waals surface area contributed by atoms with Crippen LogP contribution in [0.3, 0.4) is 0 Å². The average molecular weight is 273 g/mol. The minimum Gasteiger partial charge on any atom is -0.481 e. The van der Waals surface area contributed by atoms with Gasteiger partial charge in [0.25, 0.3) is 0 Å². The van der Waals surface area contributed by atoms with Gasteiger partial charge < -0.3 is 20.3 Å². The zero-order valence-electron chi connectivity index (χ0n) is 12.7. The Labute approximate surface area is 115 Å². The smallest absolute Gasteiger partial charge is 0.306 e. The molecule has 0 aliphatic carbocycles. The van der Waals surface area contributed by atoms with E-state index in [0.29, 0.717) is 19.4 Å². The molecule has 3 N–H and O–H groups in total. The molecule has 5 nitrogen and oxygen atoms in total. The van der Waals surface area contributed by atoms with Crippen LogP contribution in [0.5, 0.6) is 0 Å². The van der Waals surface area contributed by atoms with Gasteiger partial charge in [-0.2, -0.15) is 0 Å². The quantitative estimate of drug-likeness (QED) is 0.820. The largest absolute Gasteiger partial charge is 0.481 e.